The minimum Gasteiger partial charge on any atom is -0.322 e. The summed E-state index contributed by atoms with van der Waals surface area (Å²) in [6, 6.07) is 12.1. The van der Waals surface area contributed by atoms with Gasteiger partial charge >= 0.3 is 0 Å². The molecule has 6 heteroatoms. The summed E-state index contributed by atoms with van der Waals surface area (Å²) >= 11 is 0. The highest BCUT2D eigenvalue weighted by Gasteiger charge is 2.10. The Kier molecular flexibility index (Phi) is 4.14. The van der Waals surface area contributed by atoms with E-state index in [2.05, 4.69) is 10.4 Å². The Balaban J connectivity index is 1.74. The summed E-state index contributed by atoms with van der Waals surface area (Å²) < 4.78 is 27.9. The molecule has 23 heavy (non-hydrogen) atoms. The second-order valence-electron chi connectivity index (χ2n) is 4.99. The summed E-state index contributed by atoms with van der Waals surface area (Å²) in [5, 5.41) is 6.79. The van der Waals surface area contributed by atoms with Crippen molar-refractivity contribution in [3.05, 3.63) is 83.7 Å². The van der Waals surface area contributed by atoms with E-state index < -0.39 is 17.5 Å². The molecule has 1 aromatic heterocycles. The van der Waals surface area contributed by atoms with Crippen molar-refractivity contribution >= 4 is 11.6 Å². The van der Waals surface area contributed by atoms with E-state index in [1.54, 1.807) is 29.1 Å². The van der Waals surface area contributed by atoms with Crippen LogP contribution in [0.5, 0.6) is 0 Å². The molecule has 3 aromatic rings. The molecule has 0 spiro atoms. The maximum Gasteiger partial charge on any atom is 0.255 e. The number of nitrogens with zero attached hydrogens (tertiary/aromatic N) is 2. The number of carbonyl (C=O) groups is 1. The number of benzene rings is 2. The van der Waals surface area contributed by atoms with Gasteiger partial charge < -0.3 is 5.32 Å². The first-order chi connectivity index (χ1) is 11.1. The number of carbonyl (C=O) groups excluding carboxylic acids is 1. The molecule has 2 aromatic carbocycles. The van der Waals surface area contributed by atoms with E-state index in [1.807, 2.05) is 18.3 Å². The lowest BCUT2D eigenvalue weighted by atomic mass is 10.1. The SMILES string of the molecule is O=C(Nc1cccc(Cn2cccn2)c1)c1ccc(F)c(F)c1. The Hall–Kier alpha value is -3.02. The van der Waals surface area contributed by atoms with E-state index in [0.29, 0.717) is 12.2 Å². The minimum atomic E-state index is -1.05. The number of aromatic nitrogens is 2. The van der Waals surface area contributed by atoms with Crippen LogP contribution < -0.4 is 5.32 Å². The van der Waals surface area contributed by atoms with Crippen molar-refractivity contribution in [3.8, 4) is 0 Å². The first-order valence-corrected chi connectivity index (χ1v) is 6.94. The van der Waals surface area contributed by atoms with Gasteiger partial charge in [-0.15, -0.1) is 0 Å². The van der Waals surface area contributed by atoms with Crippen molar-refractivity contribution in [1.29, 1.82) is 0 Å². The van der Waals surface area contributed by atoms with Gasteiger partial charge in [-0.3, -0.25) is 9.48 Å². The van der Waals surface area contributed by atoms with Gasteiger partial charge in [-0.1, -0.05) is 12.1 Å². The maximum atomic E-state index is 13.2. The zero-order valence-electron chi connectivity index (χ0n) is 12.0. The van der Waals surface area contributed by atoms with Crippen LogP contribution in [0.4, 0.5) is 14.5 Å². The number of anilines is 1. The van der Waals surface area contributed by atoms with Crippen LogP contribution in [0, 0.1) is 11.6 Å². The second kappa shape index (κ2) is 6.39. The molecule has 0 fully saturated rings. The summed E-state index contributed by atoms with van der Waals surface area (Å²) in [5.41, 5.74) is 1.59. The smallest absolute Gasteiger partial charge is 0.255 e. The highest BCUT2D eigenvalue weighted by atomic mass is 19.2. The molecule has 0 atom stereocenters. The number of hydrogen-bond acceptors (Lipinski definition) is 2. The van der Waals surface area contributed by atoms with Crippen LogP contribution in [0.1, 0.15) is 15.9 Å². The summed E-state index contributed by atoms with van der Waals surface area (Å²) in [4.78, 5) is 12.1. The minimum absolute atomic E-state index is 0.0568. The van der Waals surface area contributed by atoms with E-state index >= 15 is 0 Å². The standard InChI is InChI=1S/C17H13F2N3O/c18-15-6-5-13(10-16(15)19)17(23)21-14-4-1-3-12(9-14)11-22-8-2-7-20-22/h1-10H,11H2,(H,21,23). The average Bonchev–Trinajstić information content (AvgIpc) is 3.03. The Morgan fingerprint density at radius 2 is 1.96 bits per heavy atom. The van der Waals surface area contributed by atoms with Crippen LogP contribution in [-0.4, -0.2) is 15.7 Å². The highest BCUT2D eigenvalue weighted by molar-refractivity contribution is 6.04. The molecule has 0 aliphatic carbocycles. The molecule has 0 unspecified atom stereocenters. The van der Waals surface area contributed by atoms with Gasteiger partial charge in [0, 0.05) is 23.6 Å². The first-order valence-electron chi connectivity index (χ1n) is 6.94. The molecule has 0 aliphatic heterocycles. The second-order valence-corrected chi connectivity index (χ2v) is 4.99. The Bertz CT molecular complexity index is 832. The van der Waals surface area contributed by atoms with E-state index in [4.69, 9.17) is 0 Å². The van der Waals surface area contributed by atoms with Crippen LogP contribution in [-0.2, 0) is 6.54 Å². The van der Waals surface area contributed by atoms with E-state index in [-0.39, 0.29) is 5.56 Å². The summed E-state index contributed by atoms with van der Waals surface area (Å²) in [5.74, 6) is -2.53. The summed E-state index contributed by atoms with van der Waals surface area (Å²) in [6.07, 6.45) is 3.53. The maximum absolute atomic E-state index is 13.2. The van der Waals surface area contributed by atoms with Gasteiger partial charge in [0.05, 0.1) is 6.54 Å². The van der Waals surface area contributed by atoms with Gasteiger partial charge in [0.2, 0.25) is 0 Å². The van der Waals surface area contributed by atoms with Crippen molar-refractivity contribution in [1.82, 2.24) is 9.78 Å². The lowest BCUT2D eigenvalue weighted by Gasteiger charge is -2.08. The molecule has 0 aliphatic rings. The summed E-state index contributed by atoms with van der Waals surface area (Å²) in [6.45, 7) is 0.571. The lowest BCUT2D eigenvalue weighted by molar-refractivity contribution is 0.102. The molecule has 1 heterocycles. The third kappa shape index (κ3) is 3.60. The Morgan fingerprint density at radius 1 is 1.09 bits per heavy atom. The fourth-order valence-electron chi connectivity index (χ4n) is 2.17. The van der Waals surface area contributed by atoms with Crippen molar-refractivity contribution in [2.24, 2.45) is 0 Å². The predicted molar refractivity (Wildman–Crippen MR) is 82.1 cm³/mol. The van der Waals surface area contributed by atoms with Crippen LogP contribution in [0.25, 0.3) is 0 Å². The highest BCUT2D eigenvalue weighted by Crippen LogP contribution is 2.15. The molecule has 116 valence electrons. The van der Waals surface area contributed by atoms with Crippen LogP contribution in [0.2, 0.25) is 0 Å². The predicted octanol–water partition coefficient (Wildman–Crippen LogP) is 3.46. The number of halogens is 2. The Labute approximate surface area is 131 Å². The molecule has 0 saturated carbocycles. The van der Waals surface area contributed by atoms with Crippen molar-refractivity contribution < 1.29 is 13.6 Å². The molecular formula is C17H13F2N3O. The zero-order valence-corrected chi connectivity index (χ0v) is 12.0. The fraction of sp³-hybridized carbons (Fsp3) is 0.0588. The van der Waals surface area contributed by atoms with Gasteiger partial charge in [0.1, 0.15) is 0 Å². The molecule has 1 N–H and O–H groups in total. The van der Waals surface area contributed by atoms with Gasteiger partial charge in [0.25, 0.3) is 5.91 Å². The number of rotatable bonds is 4. The topological polar surface area (TPSA) is 46.9 Å². The van der Waals surface area contributed by atoms with Crippen molar-refractivity contribution in [2.45, 2.75) is 6.54 Å². The van der Waals surface area contributed by atoms with E-state index in [9.17, 15) is 13.6 Å². The van der Waals surface area contributed by atoms with Crippen LogP contribution >= 0.6 is 0 Å². The molecule has 0 radical (unpaired) electrons. The quantitative estimate of drug-likeness (QED) is 0.802. The Morgan fingerprint density at radius 3 is 2.70 bits per heavy atom. The monoisotopic (exact) mass is 313 g/mol. The zero-order chi connectivity index (χ0) is 16.2. The first kappa shape index (κ1) is 14.9. The van der Waals surface area contributed by atoms with Crippen molar-refractivity contribution in [3.63, 3.8) is 0 Å². The third-order valence-electron chi connectivity index (χ3n) is 3.27. The normalized spacial score (nSPS) is 10.5. The fourth-order valence-corrected chi connectivity index (χ4v) is 2.17. The van der Waals surface area contributed by atoms with Crippen LogP contribution in [0.3, 0.4) is 0 Å². The van der Waals surface area contributed by atoms with Crippen molar-refractivity contribution in [2.75, 3.05) is 5.32 Å². The lowest BCUT2D eigenvalue weighted by Crippen LogP contribution is -2.12. The average molecular weight is 313 g/mol. The number of hydrogen-bond donors (Lipinski definition) is 1. The van der Waals surface area contributed by atoms with Gasteiger partial charge in [-0.05, 0) is 42.0 Å². The third-order valence-corrected chi connectivity index (χ3v) is 3.27. The van der Waals surface area contributed by atoms with Crippen LogP contribution in [0.15, 0.2) is 60.9 Å². The molecular weight excluding hydrogens is 300 g/mol. The molecule has 4 nitrogen and oxygen atoms in total. The molecule has 0 bridgehead atoms. The molecule has 0 saturated heterocycles. The van der Waals surface area contributed by atoms with Gasteiger partial charge in [-0.2, -0.15) is 5.10 Å². The number of amides is 1. The summed E-state index contributed by atoms with van der Waals surface area (Å²) in [7, 11) is 0. The largest absolute Gasteiger partial charge is 0.322 e. The van der Waals surface area contributed by atoms with E-state index in [0.717, 1.165) is 17.7 Å². The van der Waals surface area contributed by atoms with Gasteiger partial charge in [-0.25, -0.2) is 8.78 Å². The van der Waals surface area contributed by atoms with E-state index in [1.165, 1.54) is 6.07 Å². The molecule has 1 amide bonds. The number of nitrogens with one attached hydrogen (secondary N) is 1. The van der Waals surface area contributed by atoms with Gasteiger partial charge in [0.15, 0.2) is 11.6 Å². The molecule has 3 rings (SSSR count).